The summed E-state index contributed by atoms with van der Waals surface area (Å²) in [4.78, 5) is 15.1. The number of carbonyl (C=O) groups excluding carboxylic acids is 1. The van der Waals surface area contributed by atoms with Gasteiger partial charge >= 0.3 is 0 Å². The minimum atomic E-state index is 0.0261. The van der Waals surface area contributed by atoms with Gasteiger partial charge in [0.2, 0.25) is 0 Å². The van der Waals surface area contributed by atoms with E-state index in [1.807, 2.05) is 23.1 Å². The number of nitrogens with zero attached hydrogens (tertiary/aromatic N) is 3. The average Bonchev–Trinajstić information content (AvgIpc) is 3.04. The molecule has 0 fully saturated rings. The molecule has 5 nitrogen and oxygen atoms in total. The monoisotopic (exact) mass is 288 g/mol. The Bertz CT molecular complexity index is 652. The maximum atomic E-state index is 12.6. The van der Waals surface area contributed by atoms with E-state index < -0.39 is 0 Å². The molecule has 0 bridgehead atoms. The fourth-order valence-electron chi connectivity index (χ4n) is 2.47. The fraction of sp³-hybridized carbons (Fsp3) is 0.357. The standard InChI is InChI=1S/C14H16N4OS/c1-2-3-12-13(20-17-16-12)14(19)18-7-9-4-5-11(15)6-10(9)8-18/h4-6H,2-3,7-8,15H2,1H3. The van der Waals surface area contributed by atoms with Gasteiger partial charge in [-0.1, -0.05) is 23.9 Å². The number of benzene rings is 1. The predicted molar refractivity (Wildman–Crippen MR) is 78.3 cm³/mol. The summed E-state index contributed by atoms with van der Waals surface area (Å²) in [7, 11) is 0. The molecule has 104 valence electrons. The minimum absolute atomic E-state index is 0.0261. The van der Waals surface area contributed by atoms with E-state index in [1.54, 1.807) is 0 Å². The highest BCUT2D eigenvalue weighted by Gasteiger charge is 2.27. The number of hydrogen-bond donors (Lipinski definition) is 1. The van der Waals surface area contributed by atoms with Crippen molar-refractivity contribution in [3.63, 3.8) is 0 Å². The summed E-state index contributed by atoms with van der Waals surface area (Å²) in [6.07, 6.45) is 1.76. The second-order valence-corrected chi connectivity index (χ2v) is 5.74. The van der Waals surface area contributed by atoms with Crippen LogP contribution in [0.1, 0.15) is 39.8 Å². The van der Waals surface area contributed by atoms with Crippen molar-refractivity contribution in [1.29, 1.82) is 0 Å². The molecule has 1 aliphatic rings. The molecule has 20 heavy (non-hydrogen) atoms. The van der Waals surface area contributed by atoms with E-state index in [1.165, 1.54) is 17.1 Å². The van der Waals surface area contributed by atoms with Gasteiger partial charge in [-0.15, -0.1) is 5.10 Å². The number of fused-ring (bicyclic) bond motifs is 1. The fourth-order valence-corrected chi connectivity index (χ4v) is 3.15. The zero-order valence-corrected chi connectivity index (χ0v) is 12.1. The van der Waals surface area contributed by atoms with Crippen LogP contribution in [0.25, 0.3) is 0 Å². The van der Waals surface area contributed by atoms with Crippen LogP contribution in [0.4, 0.5) is 5.69 Å². The van der Waals surface area contributed by atoms with Gasteiger partial charge in [0, 0.05) is 18.8 Å². The van der Waals surface area contributed by atoms with E-state index in [2.05, 4.69) is 16.5 Å². The molecule has 0 spiro atoms. The van der Waals surface area contributed by atoms with Crippen LogP contribution in [0.15, 0.2) is 18.2 Å². The van der Waals surface area contributed by atoms with E-state index in [-0.39, 0.29) is 5.91 Å². The van der Waals surface area contributed by atoms with Crippen LogP contribution in [0, 0.1) is 0 Å². The summed E-state index contributed by atoms with van der Waals surface area (Å²) < 4.78 is 3.92. The van der Waals surface area contributed by atoms with Crippen molar-refractivity contribution in [1.82, 2.24) is 14.5 Å². The third-order valence-corrected chi connectivity index (χ3v) is 4.23. The Morgan fingerprint density at radius 3 is 3.00 bits per heavy atom. The topological polar surface area (TPSA) is 72.1 Å². The summed E-state index contributed by atoms with van der Waals surface area (Å²) in [5, 5.41) is 4.06. The first-order valence-electron chi connectivity index (χ1n) is 6.66. The van der Waals surface area contributed by atoms with E-state index in [0.29, 0.717) is 18.0 Å². The Balaban J connectivity index is 1.82. The van der Waals surface area contributed by atoms with Gasteiger partial charge in [0.1, 0.15) is 4.88 Å². The molecule has 1 aromatic heterocycles. The van der Waals surface area contributed by atoms with Crippen LogP contribution in [0.2, 0.25) is 0 Å². The first-order chi connectivity index (χ1) is 9.69. The molecule has 6 heteroatoms. The van der Waals surface area contributed by atoms with Crippen molar-refractivity contribution in [2.45, 2.75) is 32.9 Å². The molecule has 3 rings (SSSR count). The van der Waals surface area contributed by atoms with E-state index in [4.69, 9.17) is 5.73 Å². The molecule has 2 aromatic rings. The van der Waals surface area contributed by atoms with Gasteiger partial charge in [-0.3, -0.25) is 4.79 Å². The molecule has 0 aliphatic carbocycles. The highest BCUT2D eigenvalue weighted by atomic mass is 32.1. The Kier molecular flexibility index (Phi) is 3.40. The minimum Gasteiger partial charge on any atom is -0.399 e. The largest absolute Gasteiger partial charge is 0.399 e. The molecule has 2 heterocycles. The summed E-state index contributed by atoms with van der Waals surface area (Å²) >= 11 is 1.19. The summed E-state index contributed by atoms with van der Waals surface area (Å²) in [6, 6.07) is 5.82. The lowest BCUT2D eigenvalue weighted by Gasteiger charge is -2.14. The summed E-state index contributed by atoms with van der Waals surface area (Å²) in [5.74, 6) is 0.0261. The molecule has 0 atom stereocenters. The first-order valence-corrected chi connectivity index (χ1v) is 7.44. The van der Waals surface area contributed by atoms with Gasteiger partial charge in [0.05, 0.1) is 5.69 Å². The maximum absolute atomic E-state index is 12.6. The average molecular weight is 288 g/mol. The van der Waals surface area contributed by atoms with Crippen LogP contribution >= 0.6 is 11.5 Å². The SMILES string of the molecule is CCCc1nnsc1C(=O)N1Cc2ccc(N)cc2C1. The molecule has 2 N–H and O–H groups in total. The molecule has 0 unspecified atom stereocenters. The van der Waals surface area contributed by atoms with Gasteiger partial charge in [0.15, 0.2) is 0 Å². The van der Waals surface area contributed by atoms with Gasteiger partial charge in [-0.25, -0.2) is 0 Å². The number of nitrogen functional groups attached to an aromatic ring is 1. The third kappa shape index (κ3) is 2.27. The summed E-state index contributed by atoms with van der Waals surface area (Å²) in [6.45, 7) is 3.32. The Morgan fingerprint density at radius 2 is 2.20 bits per heavy atom. The predicted octanol–water partition coefficient (Wildman–Crippen LogP) is 2.23. The van der Waals surface area contributed by atoms with Gasteiger partial charge in [-0.05, 0) is 41.2 Å². The zero-order valence-electron chi connectivity index (χ0n) is 11.3. The van der Waals surface area contributed by atoms with Crippen molar-refractivity contribution in [3.05, 3.63) is 39.9 Å². The normalized spacial score (nSPS) is 13.6. The quantitative estimate of drug-likeness (QED) is 0.879. The van der Waals surface area contributed by atoms with Crippen molar-refractivity contribution < 1.29 is 4.79 Å². The number of nitrogens with two attached hydrogens (primary N) is 1. The highest BCUT2D eigenvalue weighted by molar-refractivity contribution is 7.08. The molecule has 1 amide bonds. The highest BCUT2D eigenvalue weighted by Crippen LogP contribution is 2.27. The lowest BCUT2D eigenvalue weighted by atomic mass is 10.1. The van der Waals surface area contributed by atoms with Crippen LogP contribution in [-0.2, 0) is 19.5 Å². The van der Waals surface area contributed by atoms with Crippen molar-refractivity contribution in [3.8, 4) is 0 Å². The van der Waals surface area contributed by atoms with Crippen LogP contribution in [0.3, 0.4) is 0 Å². The van der Waals surface area contributed by atoms with Crippen molar-refractivity contribution in [2.24, 2.45) is 0 Å². The molecule has 1 aliphatic heterocycles. The lowest BCUT2D eigenvalue weighted by molar-refractivity contribution is 0.0755. The van der Waals surface area contributed by atoms with Crippen LogP contribution in [-0.4, -0.2) is 20.4 Å². The number of carbonyl (C=O) groups is 1. The molecular formula is C14H16N4OS. The second-order valence-electron chi connectivity index (χ2n) is 4.99. The Morgan fingerprint density at radius 1 is 1.40 bits per heavy atom. The molecule has 0 saturated heterocycles. The smallest absolute Gasteiger partial charge is 0.268 e. The number of anilines is 1. The van der Waals surface area contributed by atoms with Crippen LogP contribution in [0.5, 0.6) is 0 Å². The number of hydrogen-bond acceptors (Lipinski definition) is 5. The van der Waals surface area contributed by atoms with Gasteiger partial charge < -0.3 is 10.6 Å². The Hall–Kier alpha value is -1.95. The van der Waals surface area contributed by atoms with E-state index in [9.17, 15) is 4.79 Å². The zero-order chi connectivity index (χ0) is 14.1. The second kappa shape index (κ2) is 5.20. The number of aryl methyl sites for hydroxylation is 1. The Labute approximate surface area is 121 Å². The number of rotatable bonds is 3. The van der Waals surface area contributed by atoms with Crippen molar-refractivity contribution in [2.75, 3.05) is 5.73 Å². The van der Waals surface area contributed by atoms with Crippen molar-refractivity contribution >= 4 is 23.1 Å². The molecule has 0 radical (unpaired) electrons. The van der Waals surface area contributed by atoms with Gasteiger partial charge in [0.25, 0.3) is 5.91 Å². The molecular weight excluding hydrogens is 272 g/mol. The maximum Gasteiger partial charge on any atom is 0.268 e. The molecule has 0 saturated carbocycles. The molecule has 1 aromatic carbocycles. The van der Waals surface area contributed by atoms with E-state index >= 15 is 0 Å². The van der Waals surface area contributed by atoms with E-state index in [0.717, 1.165) is 29.8 Å². The lowest BCUT2D eigenvalue weighted by Crippen LogP contribution is -2.25. The van der Waals surface area contributed by atoms with Crippen LogP contribution < -0.4 is 5.73 Å². The van der Waals surface area contributed by atoms with Gasteiger partial charge in [-0.2, -0.15) is 0 Å². The first kappa shape index (κ1) is 13.1. The number of aromatic nitrogens is 2. The summed E-state index contributed by atoms with van der Waals surface area (Å²) in [5.41, 5.74) is 9.65. The number of amides is 1. The third-order valence-electron chi connectivity index (χ3n) is 3.48.